The highest BCUT2D eigenvalue weighted by molar-refractivity contribution is 7.80. The molecule has 1 N–H and O–H groups in total. The standard InChI is InChI=1S/C19H14Cl2N2O3S/c1-2-26-16-8-3-11(10-15(16)21)9-14-17(24)22-19(27)23(18(14)25)13-6-4-12(20)5-7-13/h3-10H,2H2,1H3,(H,22,24,27)/b14-9-. The van der Waals surface area contributed by atoms with Gasteiger partial charge in [-0.2, -0.15) is 0 Å². The molecule has 3 rings (SSSR count). The van der Waals surface area contributed by atoms with Gasteiger partial charge in [0.25, 0.3) is 11.8 Å². The summed E-state index contributed by atoms with van der Waals surface area (Å²) < 4.78 is 5.39. The molecule has 2 aromatic rings. The van der Waals surface area contributed by atoms with Gasteiger partial charge in [0.1, 0.15) is 11.3 Å². The number of ether oxygens (including phenoxy) is 1. The minimum absolute atomic E-state index is 0.00852. The summed E-state index contributed by atoms with van der Waals surface area (Å²) in [6.45, 7) is 2.33. The zero-order valence-corrected chi connectivity index (χ0v) is 16.5. The van der Waals surface area contributed by atoms with Gasteiger partial charge in [-0.3, -0.25) is 19.8 Å². The fraction of sp³-hybridized carbons (Fsp3) is 0.105. The number of carbonyl (C=O) groups excluding carboxylic acids is 2. The zero-order valence-electron chi connectivity index (χ0n) is 14.2. The fourth-order valence-electron chi connectivity index (χ4n) is 2.53. The number of nitrogens with zero attached hydrogens (tertiary/aromatic N) is 1. The molecule has 2 aromatic carbocycles. The Hall–Kier alpha value is -2.41. The van der Waals surface area contributed by atoms with Crippen LogP contribution in [0.2, 0.25) is 10.0 Å². The van der Waals surface area contributed by atoms with E-state index >= 15 is 0 Å². The Balaban J connectivity index is 1.96. The molecule has 27 heavy (non-hydrogen) atoms. The molecule has 0 unspecified atom stereocenters. The van der Waals surface area contributed by atoms with Crippen molar-refractivity contribution in [2.45, 2.75) is 6.92 Å². The first-order chi connectivity index (χ1) is 12.9. The number of benzene rings is 2. The summed E-state index contributed by atoms with van der Waals surface area (Å²) in [5.41, 5.74) is 1.04. The van der Waals surface area contributed by atoms with E-state index in [9.17, 15) is 9.59 Å². The van der Waals surface area contributed by atoms with Gasteiger partial charge < -0.3 is 4.74 Å². The van der Waals surface area contributed by atoms with Crippen LogP contribution in [0.25, 0.3) is 6.08 Å². The highest BCUT2D eigenvalue weighted by Crippen LogP contribution is 2.28. The third-order valence-corrected chi connectivity index (χ3v) is 4.59. The van der Waals surface area contributed by atoms with Gasteiger partial charge >= 0.3 is 0 Å². The molecule has 5 nitrogen and oxygen atoms in total. The highest BCUT2D eigenvalue weighted by Gasteiger charge is 2.34. The molecular weight excluding hydrogens is 407 g/mol. The van der Waals surface area contributed by atoms with Gasteiger partial charge in [0, 0.05) is 5.02 Å². The Morgan fingerprint density at radius 1 is 1.15 bits per heavy atom. The lowest BCUT2D eigenvalue weighted by atomic mass is 10.1. The Bertz CT molecular complexity index is 958. The zero-order chi connectivity index (χ0) is 19.6. The van der Waals surface area contributed by atoms with Gasteiger partial charge in [-0.25, -0.2) is 0 Å². The molecule has 0 saturated carbocycles. The van der Waals surface area contributed by atoms with Gasteiger partial charge in [-0.15, -0.1) is 0 Å². The summed E-state index contributed by atoms with van der Waals surface area (Å²) in [4.78, 5) is 26.5. The lowest BCUT2D eigenvalue weighted by molar-refractivity contribution is -0.122. The monoisotopic (exact) mass is 420 g/mol. The number of thiocarbonyl (C=S) groups is 1. The summed E-state index contributed by atoms with van der Waals surface area (Å²) in [6, 6.07) is 11.6. The van der Waals surface area contributed by atoms with Crippen LogP contribution in [0.15, 0.2) is 48.0 Å². The number of carbonyl (C=O) groups is 2. The number of rotatable bonds is 4. The van der Waals surface area contributed by atoms with E-state index in [-0.39, 0.29) is 10.7 Å². The summed E-state index contributed by atoms with van der Waals surface area (Å²) in [5, 5.41) is 3.45. The molecule has 138 valence electrons. The van der Waals surface area contributed by atoms with Crippen molar-refractivity contribution in [2.24, 2.45) is 0 Å². The molecule has 1 aliphatic heterocycles. The minimum atomic E-state index is -0.569. The highest BCUT2D eigenvalue weighted by atomic mass is 35.5. The predicted octanol–water partition coefficient (Wildman–Crippen LogP) is 4.22. The number of halogens is 2. The van der Waals surface area contributed by atoms with Crippen molar-refractivity contribution in [3.63, 3.8) is 0 Å². The second kappa shape index (κ2) is 8.08. The quantitative estimate of drug-likeness (QED) is 0.456. The second-order valence-electron chi connectivity index (χ2n) is 5.56. The third-order valence-electron chi connectivity index (χ3n) is 3.75. The maximum atomic E-state index is 12.9. The van der Waals surface area contributed by atoms with Crippen molar-refractivity contribution in [2.75, 3.05) is 11.5 Å². The van der Waals surface area contributed by atoms with E-state index in [2.05, 4.69) is 5.32 Å². The molecule has 0 atom stereocenters. The van der Waals surface area contributed by atoms with Crippen LogP contribution in [0.4, 0.5) is 5.69 Å². The van der Waals surface area contributed by atoms with E-state index in [0.717, 1.165) is 0 Å². The molecule has 1 saturated heterocycles. The summed E-state index contributed by atoms with van der Waals surface area (Å²) in [6.07, 6.45) is 1.46. The van der Waals surface area contributed by atoms with Crippen LogP contribution in [-0.2, 0) is 9.59 Å². The van der Waals surface area contributed by atoms with Crippen LogP contribution < -0.4 is 15.0 Å². The molecular formula is C19H14Cl2N2O3S. The topological polar surface area (TPSA) is 58.6 Å². The molecule has 8 heteroatoms. The largest absolute Gasteiger partial charge is 0.492 e. The fourth-order valence-corrected chi connectivity index (χ4v) is 3.18. The Morgan fingerprint density at radius 3 is 2.48 bits per heavy atom. The molecule has 1 fully saturated rings. The third kappa shape index (κ3) is 4.13. The molecule has 0 spiro atoms. The first-order valence-corrected chi connectivity index (χ1v) is 9.16. The van der Waals surface area contributed by atoms with Crippen LogP contribution in [0.5, 0.6) is 5.75 Å². The van der Waals surface area contributed by atoms with Crippen molar-refractivity contribution in [3.8, 4) is 5.75 Å². The Kier molecular flexibility index (Phi) is 5.79. The van der Waals surface area contributed by atoms with Crippen molar-refractivity contribution >= 4 is 64.1 Å². The lowest BCUT2D eigenvalue weighted by Crippen LogP contribution is -2.54. The Labute approximate surface area is 171 Å². The van der Waals surface area contributed by atoms with Crippen LogP contribution in [-0.4, -0.2) is 23.5 Å². The molecule has 1 heterocycles. The van der Waals surface area contributed by atoms with E-state index in [4.69, 9.17) is 40.2 Å². The Morgan fingerprint density at radius 2 is 1.85 bits per heavy atom. The van der Waals surface area contributed by atoms with Crippen molar-refractivity contribution in [1.82, 2.24) is 5.32 Å². The van der Waals surface area contributed by atoms with Gasteiger partial charge in [0.15, 0.2) is 5.11 Å². The number of hydrogen-bond donors (Lipinski definition) is 1. The van der Waals surface area contributed by atoms with E-state index in [1.165, 1.54) is 11.0 Å². The number of amides is 2. The van der Waals surface area contributed by atoms with Crippen LogP contribution in [0.1, 0.15) is 12.5 Å². The number of nitrogens with one attached hydrogen (secondary N) is 1. The van der Waals surface area contributed by atoms with Gasteiger partial charge in [0.2, 0.25) is 0 Å². The summed E-state index contributed by atoms with van der Waals surface area (Å²) in [5.74, 6) is -0.569. The van der Waals surface area contributed by atoms with Gasteiger partial charge in [-0.05, 0) is 67.2 Å². The van der Waals surface area contributed by atoms with Crippen molar-refractivity contribution in [1.29, 1.82) is 0 Å². The molecule has 2 amide bonds. The molecule has 0 bridgehead atoms. The lowest BCUT2D eigenvalue weighted by Gasteiger charge is -2.29. The molecule has 0 aromatic heterocycles. The molecule has 0 aliphatic carbocycles. The van der Waals surface area contributed by atoms with Gasteiger partial charge in [0.05, 0.1) is 17.3 Å². The van der Waals surface area contributed by atoms with E-state index in [1.54, 1.807) is 42.5 Å². The van der Waals surface area contributed by atoms with Crippen molar-refractivity contribution < 1.29 is 14.3 Å². The molecule has 1 aliphatic rings. The van der Waals surface area contributed by atoms with E-state index < -0.39 is 11.8 Å². The second-order valence-corrected chi connectivity index (χ2v) is 6.79. The number of hydrogen-bond acceptors (Lipinski definition) is 4. The average Bonchev–Trinajstić information content (AvgIpc) is 2.62. The maximum Gasteiger partial charge on any atom is 0.270 e. The number of anilines is 1. The van der Waals surface area contributed by atoms with Crippen LogP contribution in [0, 0.1) is 0 Å². The van der Waals surface area contributed by atoms with Crippen molar-refractivity contribution in [3.05, 3.63) is 63.6 Å². The summed E-state index contributed by atoms with van der Waals surface area (Å²) in [7, 11) is 0. The first kappa shape index (κ1) is 19.4. The normalized spacial score (nSPS) is 15.9. The minimum Gasteiger partial charge on any atom is -0.492 e. The molecule has 0 radical (unpaired) electrons. The van der Waals surface area contributed by atoms with E-state index in [0.29, 0.717) is 33.7 Å². The van der Waals surface area contributed by atoms with Crippen LogP contribution >= 0.6 is 35.4 Å². The average molecular weight is 421 g/mol. The smallest absolute Gasteiger partial charge is 0.270 e. The SMILES string of the molecule is CCOc1ccc(/C=C2/C(=O)NC(=S)N(c3ccc(Cl)cc3)C2=O)cc1Cl. The van der Waals surface area contributed by atoms with Crippen LogP contribution in [0.3, 0.4) is 0 Å². The summed E-state index contributed by atoms with van der Waals surface area (Å²) >= 11 is 17.2. The van der Waals surface area contributed by atoms with E-state index in [1.807, 2.05) is 6.92 Å². The predicted molar refractivity (Wildman–Crippen MR) is 110 cm³/mol. The van der Waals surface area contributed by atoms with Gasteiger partial charge in [-0.1, -0.05) is 29.3 Å². The maximum absolute atomic E-state index is 12.9. The first-order valence-electron chi connectivity index (χ1n) is 8.00.